The van der Waals surface area contributed by atoms with Crippen molar-refractivity contribution < 1.29 is 9.21 Å². The summed E-state index contributed by atoms with van der Waals surface area (Å²) in [5.74, 6) is -0.418. The fourth-order valence-corrected chi connectivity index (χ4v) is 1.12. The number of hydrogen-bond donors (Lipinski definition) is 1. The van der Waals surface area contributed by atoms with E-state index in [1.807, 2.05) is 0 Å². The summed E-state index contributed by atoms with van der Waals surface area (Å²) < 4.78 is 4.95. The second-order valence-electron chi connectivity index (χ2n) is 2.58. The van der Waals surface area contributed by atoms with Gasteiger partial charge in [-0.25, -0.2) is 0 Å². The van der Waals surface area contributed by atoms with Crippen LogP contribution >= 0.6 is 0 Å². The summed E-state index contributed by atoms with van der Waals surface area (Å²) >= 11 is 0. The van der Waals surface area contributed by atoms with Crippen LogP contribution in [0.15, 0.2) is 35.1 Å². The molecule has 0 fully saturated rings. The van der Waals surface area contributed by atoms with E-state index in [0.717, 1.165) is 10.8 Å². The maximum atomic E-state index is 10.8. The summed E-state index contributed by atoms with van der Waals surface area (Å²) in [5, 5.41) is 1.87. The van der Waals surface area contributed by atoms with Crippen LogP contribution in [0.3, 0.4) is 0 Å². The Bertz CT molecular complexity index is 431. The first-order chi connectivity index (χ1) is 5.77. The Morgan fingerprint density at radius 3 is 2.75 bits per heavy atom. The standard InChI is InChI=1S/C9H7NO2/c10-9(11)6-1-2-7-4-12-5-8(7)3-6/h1-5H,(H2,10,11). The monoisotopic (exact) mass is 161 g/mol. The van der Waals surface area contributed by atoms with Gasteiger partial charge in [0.25, 0.3) is 0 Å². The normalized spacial score (nSPS) is 10.3. The second-order valence-corrected chi connectivity index (χ2v) is 2.58. The molecule has 0 aliphatic heterocycles. The minimum Gasteiger partial charge on any atom is -0.471 e. The van der Waals surface area contributed by atoms with Crippen molar-refractivity contribution in [1.29, 1.82) is 0 Å². The molecule has 0 bridgehead atoms. The minimum atomic E-state index is -0.418. The molecule has 1 aromatic heterocycles. The van der Waals surface area contributed by atoms with E-state index in [0.29, 0.717) is 5.56 Å². The van der Waals surface area contributed by atoms with Crippen LogP contribution < -0.4 is 5.73 Å². The van der Waals surface area contributed by atoms with Gasteiger partial charge in [0, 0.05) is 16.3 Å². The molecular formula is C9H7NO2. The predicted molar refractivity (Wildman–Crippen MR) is 44.7 cm³/mol. The zero-order valence-electron chi connectivity index (χ0n) is 6.28. The van der Waals surface area contributed by atoms with Gasteiger partial charge in [0.2, 0.25) is 5.91 Å². The zero-order valence-corrected chi connectivity index (χ0v) is 6.28. The van der Waals surface area contributed by atoms with Crippen LogP contribution in [0.1, 0.15) is 10.4 Å². The highest BCUT2D eigenvalue weighted by Crippen LogP contribution is 2.16. The predicted octanol–water partition coefficient (Wildman–Crippen LogP) is 1.53. The van der Waals surface area contributed by atoms with Crippen molar-refractivity contribution in [2.45, 2.75) is 0 Å². The quantitative estimate of drug-likeness (QED) is 0.689. The number of fused-ring (bicyclic) bond motifs is 1. The number of carbonyl (C=O) groups excluding carboxylic acids is 1. The first-order valence-electron chi connectivity index (χ1n) is 3.53. The fraction of sp³-hybridized carbons (Fsp3) is 0. The summed E-state index contributed by atoms with van der Waals surface area (Å²) in [6.45, 7) is 0. The minimum absolute atomic E-state index is 0.418. The molecule has 12 heavy (non-hydrogen) atoms. The van der Waals surface area contributed by atoms with Crippen LogP contribution in [0.4, 0.5) is 0 Å². The third-order valence-electron chi connectivity index (χ3n) is 1.76. The lowest BCUT2D eigenvalue weighted by atomic mass is 10.1. The highest BCUT2D eigenvalue weighted by Gasteiger charge is 2.01. The first-order valence-corrected chi connectivity index (χ1v) is 3.53. The SMILES string of the molecule is NC(=O)c1ccc2cocc2c1. The molecule has 0 saturated carbocycles. The molecular weight excluding hydrogens is 154 g/mol. The van der Waals surface area contributed by atoms with Crippen LogP contribution in [-0.2, 0) is 0 Å². The van der Waals surface area contributed by atoms with E-state index >= 15 is 0 Å². The molecule has 2 N–H and O–H groups in total. The van der Waals surface area contributed by atoms with Gasteiger partial charge in [-0.05, 0) is 12.1 Å². The topological polar surface area (TPSA) is 56.2 Å². The van der Waals surface area contributed by atoms with Crippen molar-refractivity contribution in [3.05, 3.63) is 36.3 Å². The van der Waals surface area contributed by atoms with Crippen molar-refractivity contribution >= 4 is 16.7 Å². The molecule has 0 radical (unpaired) electrons. The Kier molecular flexibility index (Phi) is 1.37. The third-order valence-corrected chi connectivity index (χ3v) is 1.76. The number of nitrogens with two attached hydrogens (primary N) is 1. The summed E-state index contributed by atoms with van der Waals surface area (Å²) in [7, 11) is 0. The van der Waals surface area contributed by atoms with Gasteiger partial charge in [-0.3, -0.25) is 4.79 Å². The molecule has 3 heteroatoms. The van der Waals surface area contributed by atoms with E-state index in [1.54, 1.807) is 30.7 Å². The van der Waals surface area contributed by atoms with Crippen molar-refractivity contribution in [1.82, 2.24) is 0 Å². The lowest BCUT2D eigenvalue weighted by molar-refractivity contribution is 0.100. The van der Waals surface area contributed by atoms with Crippen molar-refractivity contribution in [2.75, 3.05) is 0 Å². The number of furan rings is 1. The Morgan fingerprint density at radius 2 is 2.00 bits per heavy atom. The molecule has 2 aromatic rings. The van der Waals surface area contributed by atoms with Gasteiger partial charge in [-0.1, -0.05) is 6.07 Å². The van der Waals surface area contributed by atoms with E-state index < -0.39 is 5.91 Å². The van der Waals surface area contributed by atoms with Crippen LogP contribution in [0.2, 0.25) is 0 Å². The van der Waals surface area contributed by atoms with Gasteiger partial charge in [0.05, 0.1) is 12.5 Å². The van der Waals surface area contributed by atoms with Crippen molar-refractivity contribution in [3.63, 3.8) is 0 Å². The van der Waals surface area contributed by atoms with Gasteiger partial charge in [0.15, 0.2) is 0 Å². The molecule has 0 unspecified atom stereocenters. The lowest BCUT2D eigenvalue weighted by Gasteiger charge is -1.93. The Hall–Kier alpha value is -1.77. The number of rotatable bonds is 1. The Labute approximate surface area is 68.8 Å². The molecule has 0 aliphatic carbocycles. The maximum Gasteiger partial charge on any atom is 0.248 e. The highest BCUT2D eigenvalue weighted by molar-refractivity contribution is 5.97. The third kappa shape index (κ3) is 0.955. The van der Waals surface area contributed by atoms with Crippen LogP contribution in [-0.4, -0.2) is 5.91 Å². The van der Waals surface area contributed by atoms with E-state index in [1.165, 1.54) is 0 Å². The van der Waals surface area contributed by atoms with Crippen molar-refractivity contribution in [3.8, 4) is 0 Å². The molecule has 1 amide bonds. The number of benzene rings is 1. The van der Waals surface area contributed by atoms with E-state index in [-0.39, 0.29) is 0 Å². The first kappa shape index (κ1) is 6.91. The fourth-order valence-electron chi connectivity index (χ4n) is 1.12. The van der Waals surface area contributed by atoms with Gasteiger partial charge in [-0.2, -0.15) is 0 Å². The highest BCUT2D eigenvalue weighted by atomic mass is 16.3. The largest absolute Gasteiger partial charge is 0.471 e. The van der Waals surface area contributed by atoms with E-state index in [2.05, 4.69) is 0 Å². The lowest BCUT2D eigenvalue weighted by Crippen LogP contribution is -2.10. The zero-order chi connectivity index (χ0) is 8.55. The second kappa shape index (κ2) is 2.37. The smallest absolute Gasteiger partial charge is 0.248 e. The number of carbonyl (C=O) groups is 1. The number of primary amides is 1. The molecule has 0 spiro atoms. The molecule has 60 valence electrons. The van der Waals surface area contributed by atoms with Crippen LogP contribution in [0, 0.1) is 0 Å². The van der Waals surface area contributed by atoms with Crippen LogP contribution in [0.25, 0.3) is 10.8 Å². The molecule has 1 heterocycles. The molecule has 2 rings (SSSR count). The molecule has 0 aliphatic rings. The summed E-state index contributed by atoms with van der Waals surface area (Å²) in [6.07, 6.45) is 3.21. The molecule has 0 atom stereocenters. The van der Waals surface area contributed by atoms with Crippen molar-refractivity contribution in [2.24, 2.45) is 5.73 Å². The van der Waals surface area contributed by atoms with Gasteiger partial charge in [0.1, 0.15) is 0 Å². The Morgan fingerprint density at radius 1 is 1.25 bits per heavy atom. The van der Waals surface area contributed by atoms with E-state index in [4.69, 9.17) is 10.2 Å². The van der Waals surface area contributed by atoms with Gasteiger partial charge < -0.3 is 10.2 Å². The van der Waals surface area contributed by atoms with E-state index in [9.17, 15) is 4.79 Å². The van der Waals surface area contributed by atoms with Gasteiger partial charge >= 0.3 is 0 Å². The number of amides is 1. The summed E-state index contributed by atoms with van der Waals surface area (Å²) in [4.78, 5) is 10.8. The molecule has 0 saturated heterocycles. The number of hydrogen-bond acceptors (Lipinski definition) is 2. The average Bonchev–Trinajstić information content (AvgIpc) is 2.49. The maximum absolute atomic E-state index is 10.8. The molecule has 1 aromatic carbocycles. The summed E-state index contributed by atoms with van der Waals surface area (Å²) in [6, 6.07) is 5.19. The Balaban J connectivity index is 2.68. The average molecular weight is 161 g/mol. The molecule has 3 nitrogen and oxygen atoms in total. The van der Waals surface area contributed by atoms with Gasteiger partial charge in [-0.15, -0.1) is 0 Å². The van der Waals surface area contributed by atoms with Crippen LogP contribution in [0.5, 0.6) is 0 Å². The summed E-state index contributed by atoms with van der Waals surface area (Å²) in [5.41, 5.74) is 5.61.